The van der Waals surface area contributed by atoms with E-state index >= 15 is 0 Å². The molecule has 1 fully saturated rings. The quantitative estimate of drug-likeness (QED) is 0.727. The molecule has 2 N–H and O–H groups in total. The van der Waals surface area contributed by atoms with Gasteiger partial charge in [-0.25, -0.2) is 0 Å². The molecule has 6 heteroatoms. The first-order valence-corrected chi connectivity index (χ1v) is 7.41. The molecule has 0 bridgehead atoms. The van der Waals surface area contributed by atoms with E-state index in [1.165, 1.54) is 0 Å². The van der Waals surface area contributed by atoms with Crippen molar-refractivity contribution in [2.45, 2.75) is 32.4 Å². The number of carbonyl (C=O) groups excluding carboxylic acids is 1. The van der Waals surface area contributed by atoms with E-state index in [1.54, 1.807) is 16.7 Å². The fourth-order valence-electron chi connectivity index (χ4n) is 2.42. The first kappa shape index (κ1) is 15.7. The molecule has 116 valence electrons. The highest BCUT2D eigenvalue weighted by molar-refractivity contribution is 5.76. The van der Waals surface area contributed by atoms with E-state index in [9.17, 15) is 9.59 Å². The Morgan fingerprint density at radius 3 is 3.10 bits per heavy atom. The Balaban J connectivity index is 1.67. The first-order chi connectivity index (χ1) is 10.2. The highest BCUT2D eigenvalue weighted by Gasteiger charge is 2.16. The zero-order chi connectivity index (χ0) is 15.1. The minimum Gasteiger partial charge on any atom is -0.378 e. The highest BCUT2D eigenvalue weighted by Crippen LogP contribution is 1.99. The Labute approximate surface area is 124 Å². The molecule has 0 saturated carbocycles. The predicted molar refractivity (Wildman–Crippen MR) is 80.3 cm³/mol. The van der Waals surface area contributed by atoms with Crippen LogP contribution in [0.5, 0.6) is 0 Å². The summed E-state index contributed by atoms with van der Waals surface area (Å²) < 4.78 is 7.04. The Morgan fingerprint density at radius 2 is 2.38 bits per heavy atom. The third kappa shape index (κ3) is 4.99. The summed E-state index contributed by atoms with van der Waals surface area (Å²) >= 11 is 0. The molecule has 2 heterocycles. The van der Waals surface area contributed by atoms with Gasteiger partial charge in [0.05, 0.1) is 13.2 Å². The van der Waals surface area contributed by atoms with Crippen molar-refractivity contribution in [3.8, 4) is 0 Å². The van der Waals surface area contributed by atoms with Gasteiger partial charge in [-0.15, -0.1) is 0 Å². The number of amides is 1. The Hall–Kier alpha value is -1.66. The predicted octanol–water partition coefficient (Wildman–Crippen LogP) is 0.0415. The second-order valence-electron chi connectivity index (χ2n) is 5.29. The van der Waals surface area contributed by atoms with Crippen molar-refractivity contribution in [1.29, 1.82) is 0 Å². The van der Waals surface area contributed by atoms with Crippen molar-refractivity contribution in [2.24, 2.45) is 0 Å². The number of aryl methyl sites for hydroxylation is 1. The third-order valence-electron chi connectivity index (χ3n) is 3.58. The van der Waals surface area contributed by atoms with Crippen LogP contribution in [0.4, 0.5) is 0 Å². The molecule has 0 aromatic carbocycles. The molecule has 1 aliphatic heterocycles. The number of aromatic nitrogens is 1. The van der Waals surface area contributed by atoms with Gasteiger partial charge in [-0.2, -0.15) is 0 Å². The van der Waals surface area contributed by atoms with Gasteiger partial charge in [0.25, 0.3) is 5.56 Å². The largest absolute Gasteiger partial charge is 0.378 e. The Bertz CT molecular complexity index is 521. The lowest BCUT2D eigenvalue weighted by atomic mass is 10.2. The molecule has 0 aliphatic carbocycles. The second kappa shape index (κ2) is 7.95. The van der Waals surface area contributed by atoms with Gasteiger partial charge >= 0.3 is 0 Å². The summed E-state index contributed by atoms with van der Waals surface area (Å²) in [5.41, 5.74) is 0.947. The van der Waals surface area contributed by atoms with Crippen LogP contribution in [0.3, 0.4) is 0 Å². The van der Waals surface area contributed by atoms with Crippen LogP contribution >= 0.6 is 0 Å². The van der Waals surface area contributed by atoms with E-state index < -0.39 is 0 Å². The molecule has 1 aromatic heterocycles. The lowest BCUT2D eigenvalue weighted by Gasteiger charge is -2.23. The Morgan fingerprint density at radius 1 is 1.52 bits per heavy atom. The van der Waals surface area contributed by atoms with Crippen molar-refractivity contribution in [3.63, 3.8) is 0 Å². The molecule has 1 saturated heterocycles. The molecule has 2 rings (SSSR count). The van der Waals surface area contributed by atoms with Crippen molar-refractivity contribution in [3.05, 3.63) is 34.2 Å². The normalized spacial score (nSPS) is 18.4. The number of hydrogen-bond donors (Lipinski definition) is 2. The smallest absolute Gasteiger partial charge is 0.250 e. The van der Waals surface area contributed by atoms with Gasteiger partial charge in [-0.1, -0.05) is 6.07 Å². The zero-order valence-electron chi connectivity index (χ0n) is 12.4. The molecule has 1 amide bonds. The van der Waals surface area contributed by atoms with E-state index in [2.05, 4.69) is 10.6 Å². The van der Waals surface area contributed by atoms with Crippen LogP contribution in [0.2, 0.25) is 0 Å². The van der Waals surface area contributed by atoms with Crippen LogP contribution in [-0.4, -0.2) is 42.8 Å². The summed E-state index contributed by atoms with van der Waals surface area (Å²) in [7, 11) is 0. The van der Waals surface area contributed by atoms with Gasteiger partial charge in [0.2, 0.25) is 5.91 Å². The fraction of sp³-hybridized carbons (Fsp3) is 0.600. The molecular weight excluding hydrogens is 270 g/mol. The average molecular weight is 293 g/mol. The molecule has 21 heavy (non-hydrogen) atoms. The van der Waals surface area contributed by atoms with E-state index in [0.29, 0.717) is 32.7 Å². The van der Waals surface area contributed by atoms with E-state index in [1.807, 2.05) is 13.0 Å². The SMILES string of the molecule is Cc1cccc(=O)n1CCCNC(=O)C[C@H]1COCCN1. The summed E-state index contributed by atoms with van der Waals surface area (Å²) in [4.78, 5) is 23.5. The molecule has 1 atom stereocenters. The number of hydrogen-bond acceptors (Lipinski definition) is 4. The maximum Gasteiger partial charge on any atom is 0.250 e. The maximum absolute atomic E-state index is 11.8. The average Bonchev–Trinajstić information content (AvgIpc) is 2.47. The number of carbonyl (C=O) groups is 1. The van der Waals surface area contributed by atoms with Crippen LogP contribution in [0.15, 0.2) is 23.0 Å². The monoisotopic (exact) mass is 293 g/mol. The summed E-state index contributed by atoms with van der Waals surface area (Å²) in [6.07, 6.45) is 1.18. The fourth-order valence-corrected chi connectivity index (χ4v) is 2.42. The number of rotatable bonds is 6. The van der Waals surface area contributed by atoms with E-state index in [-0.39, 0.29) is 17.5 Å². The van der Waals surface area contributed by atoms with Crippen LogP contribution in [-0.2, 0) is 16.1 Å². The Kier molecular flexibility index (Phi) is 5.95. The molecule has 0 radical (unpaired) electrons. The van der Waals surface area contributed by atoms with Crippen molar-refractivity contribution >= 4 is 5.91 Å². The van der Waals surface area contributed by atoms with Crippen LogP contribution in [0.25, 0.3) is 0 Å². The number of nitrogens with one attached hydrogen (secondary N) is 2. The third-order valence-corrected chi connectivity index (χ3v) is 3.58. The van der Waals surface area contributed by atoms with Gasteiger partial charge in [0, 0.05) is 43.9 Å². The van der Waals surface area contributed by atoms with Gasteiger partial charge < -0.3 is 19.9 Å². The molecular formula is C15H23N3O3. The lowest BCUT2D eigenvalue weighted by molar-refractivity contribution is -0.122. The van der Waals surface area contributed by atoms with Gasteiger partial charge in [-0.05, 0) is 19.4 Å². The number of nitrogens with zero attached hydrogens (tertiary/aromatic N) is 1. The van der Waals surface area contributed by atoms with Crippen molar-refractivity contribution in [1.82, 2.24) is 15.2 Å². The van der Waals surface area contributed by atoms with Crippen LogP contribution < -0.4 is 16.2 Å². The summed E-state index contributed by atoms with van der Waals surface area (Å²) in [5.74, 6) is 0.0233. The van der Waals surface area contributed by atoms with Gasteiger partial charge in [-0.3, -0.25) is 9.59 Å². The van der Waals surface area contributed by atoms with E-state index in [0.717, 1.165) is 18.7 Å². The second-order valence-corrected chi connectivity index (χ2v) is 5.29. The molecule has 1 aliphatic rings. The minimum absolute atomic E-state index is 0.00452. The summed E-state index contributed by atoms with van der Waals surface area (Å²) in [6, 6.07) is 5.34. The first-order valence-electron chi connectivity index (χ1n) is 7.41. The standard InChI is InChI=1S/C15H23N3O3/c1-12-4-2-5-15(20)18(12)8-3-6-17-14(19)10-13-11-21-9-7-16-13/h2,4-5,13,16H,3,6-11H2,1H3,(H,17,19)/t13-/m0/s1. The maximum atomic E-state index is 11.8. The highest BCUT2D eigenvalue weighted by atomic mass is 16.5. The van der Waals surface area contributed by atoms with Gasteiger partial charge in [0.1, 0.15) is 0 Å². The summed E-state index contributed by atoms with van der Waals surface area (Å²) in [5, 5.41) is 6.14. The zero-order valence-corrected chi connectivity index (χ0v) is 12.4. The van der Waals surface area contributed by atoms with Crippen molar-refractivity contribution in [2.75, 3.05) is 26.3 Å². The molecule has 0 spiro atoms. The number of morpholine rings is 1. The van der Waals surface area contributed by atoms with Gasteiger partial charge in [0.15, 0.2) is 0 Å². The van der Waals surface area contributed by atoms with E-state index in [4.69, 9.17) is 4.74 Å². The van der Waals surface area contributed by atoms with Crippen LogP contribution in [0, 0.1) is 6.92 Å². The number of pyridine rings is 1. The summed E-state index contributed by atoms with van der Waals surface area (Å²) in [6.45, 7) is 5.21. The molecule has 1 aromatic rings. The minimum atomic E-state index is 0.00452. The topological polar surface area (TPSA) is 72.4 Å². The molecule has 0 unspecified atom stereocenters. The number of ether oxygens (including phenoxy) is 1. The molecule has 6 nitrogen and oxygen atoms in total. The van der Waals surface area contributed by atoms with Crippen molar-refractivity contribution < 1.29 is 9.53 Å². The van der Waals surface area contributed by atoms with Crippen LogP contribution in [0.1, 0.15) is 18.5 Å². The lowest BCUT2D eigenvalue weighted by Crippen LogP contribution is -2.44.